The summed E-state index contributed by atoms with van der Waals surface area (Å²) in [6, 6.07) is 7.76. The van der Waals surface area contributed by atoms with Crippen LogP contribution in [0.2, 0.25) is 0 Å². The van der Waals surface area contributed by atoms with Crippen molar-refractivity contribution in [3.8, 4) is 0 Å². The number of hydrogen-bond acceptors (Lipinski definition) is 4. The van der Waals surface area contributed by atoms with Gasteiger partial charge in [0.05, 0.1) is 29.6 Å². The highest BCUT2D eigenvalue weighted by molar-refractivity contribution is 5.98. The number of benzene rings is 1. The van der Waals surface area contributed by atoms with Crippen LogP contribution in [0.25, 0.3) is 10.9 Å². The fourth-order valence-electron chi connectivity index (χ4n) is 2.12. The molecule has 0 saturated heterocycles. The number of hydrogen-bond donors (Lipinski definition) is 2. The lowest BCUT2D eigenvalue weighted by molar-refractivity contribution is -0.119. The number of nitrogens with one attached hydrogen (secondary N) is 1. The first-order chi connectivity index (χ1) is 9.13. The standard InChI is InChI=1S/C14H18N4O/c1-3-16-13(19)9-18(2)14-10-6-4-5-7-12(10)17-8-11(14)15/h4-8H,3,9,15H2,1-2H3,(H,16,19). The van der Waals surface area contributed by atoms with Gasteiger partial charge in [0.15, 0.2) is 0 Å². The third-order valence-electron chi connectivity index (χ3n) is 2.91. The number of aromatic nitrogens is 1. The zero-order chi connectivity index (χ0) is 13.8. The van der Waals surface area contributed by atoms with E-state index in [0.29, 0.717) is 12.2 Å². The summed E-state index contributed by atoms with van der Waals surface area (Å²) in [6.45, 7) is 2.79. The van der Waals surface area contributed by atoms with E-state index in [-0.39, 0.29) is 12.5 Å². The Labute approximate surface area is 112 Å². The zero-order valence-corrected chi connectivity index (χ0v) is 11.2. The van der Waals surface area contributed by atoms with Gasteiger partial charge in [-0.25, -0.2) is 0 Å². The van der Waals surface area contributed by atoms with Crippen LogP contribution in [0.15, 0.2) is 30.5 Å². The van der Waals surface area contributed by atoms with Crippen LogP contribution < -0.4 is 16.0 Å². The number of likely N-dealkylation sites (N-methyl/N-ethyl adjacent to an activating group) is 2. The molecule has 0 unspecified atom stereocenters. The van der Waals surface area contributed by atoms with Crippen LogP contribution >= 0.6 is 0 Å². The molecule has 0 atom stereocenters. The molecule has 1 aromatic heterocycles. The van der Waals surface area contributed by atoms with Crippen molar-refractivity contribution in [1.29, 1.82) is 0 Å². The van der Waals surface area contributed by atoms with Gasteiger partial charge in [-0.15, -0.1) is 0 Å². The van der Waals surface area contributed by atoms with Crippen LogP contribution in [-0.2, 0) is 4.79 Å². The van der Waals surface area contributed by atoms with E-state index in [9.17, 15) is 4.79 Å². The molecule has 0 aliphatic rings. The summed E-state index contributed by atoms with van der Waals surface area (Å²) in [5.41, 5.74) is 8.29. The van der Waals surface area contributed by atoms with E-state index in [2.05, 4.69) is 10.3 Å². The number of nitrogen functional groups attached to an aromatic ring is 1. The van der Waals surface area contributed by atoms with Gasteiger partial charge >= 0.3 is 0 Å². The molecule has 1 amide bonds. The average molecular weight is 258 g/mol. The molecular weight excluding hydrogens is 240 g/mol. The minimum absolute atomic E-state index is 0.0229. The highest BCUT2D eigenvalue weighted by atomic mass is 16.2. The van der Waals surface area contributed by atoms with Gasteiger partial charge in [0, 0.05) is 19.0 Å². The summed E-state index contributed by atoms with van der Waals surface area (Å²) < 4.78 is 0. The van der Waals surface area contributed by atoms with Gasteiger partial charge in [0.2, 0.25) is 5.91 Å². The second kappa shape index (κ2) is 5.56. The van der Waals surface area contributed by atoms with Gasteiger partial charge in [-0.3, -0.25) is 9.78 Å². The number of para-hydroxylation sites is 1. The number of pyridine rings is 1. The Morgan fingerprint density at radius 1 is 1.42 bits per heavy atom. The van der Waals surface area contributed by atoms with E-state index in [1.165, 1.54) is 0 Å². The lowest BCUT2D eigenvalue weighted by Crippen LogP contribution is -2.35. The van der Waals surface area contributed by atoms with E-state index < -0.39 is 0 Å². The molecule has 0 saturated carbocycles. The molecular formula is C14H18N4O. The number of nitrogens with two attached hydrogens (primary N) is 1. The van der Waals surface area contributed by atoms with Crippen LogP contribution in [0, 0.1) is 0 Å². The molecule has 3 N–H and O–H groups in total. The highest BCUT2D eigenvalue weighted by Gasteiger charge is 2.13. The normalized spacial score (nSPS) is 10.4. The minimum Gasteiger partial charge on any atom is -0.396 e. The molecule has 2 aromatic rings. The summed E-state index contributed by atoms with van der Waals surface area (Å²) >= 11 is 0. The maximum Gasteiger partial charge on any atom is 0.239 e. The quantitative estimate of drug-likeness (QED) is 0.869. The Hall–Kier alpha value is -2.30. The molecule has 0 radical (unpaired) electrons. The van der Waals surface area contributed by atoms with Crippen LogP contribution in [0.4, 0.5) is 11.4 Å². The molecule has 1 aromatic carbocycles. The SMILES string of the molecule is CCNC(=O)CN(C)c1c(N)cnc2ccccc12. The van der Waals surface area contributed by atoms with E-state index in [4.69, 9.17) is 5.73 Å². The average Bonchev–Trinajstić information content (AvgIpc) is 2.38. The molecule has 0 aliphatic heterocycles. The molecule has 100 valence electrons. The van der Waals surface area contributed by atoms with Crippen LogP contribution in [0.5, 0.6) is 0 Å². The first-order valence-electron chi connectivity index (χ1n) is 6.24. The second-order valence-corrected chi connectivity index (χ2v) is 4.39. The predicted molar refractivity (Wildman–Crippen MR) is 78.1 cm³/mol. The topological polar surface area (TPSA) is 71.2 Å². The molecule has 2 rings (SSSR count). The van der Waals surface area contributed by atoms with E-state index in [0.717, 1.165) is 16.6 Å². The van der Waals surface area contributed by atoms with Crippen LogP contribution in [0.1, 0.15) is 6.92 Å². The van der Waals surface area contributed by atoms with Crippen LogP contribution in [-0.4, -0.2) is 31.0 Å². The van der Waals surface area contributed by atoms with Crippen molar-refractivity contribution in [2.75, 3.05) is 30.8 Å². The van der Waals surface area contributed by atoms with Gasteiger partial charge in [-0.2, -0.15) is 0 Å². The number of fused-ring (bicyclic) bond motifs is 1. The third-order valence-corrected chi connectivity index (χ3v) is 2.91. The first-order valence-corrected chi connectivity index (χ1v) is 6.24. The number of rotatable bonds is 4. The van der Waals surface area contributed by atoms with Gasteiger partial charge in [-0.05, 0) is 13.0 Å². The number of anilines is 2. The Morgan fingerprint density at radius 3 is 2.89 bits per heavy atom. The molecule has 0 aliphatic carbocycles. The summed E-state index contributed by atoms with van der Waals surface area (Å²) in [7, 11) is 1.85. The summed E-state index contributed by atoms with van der Waals surface area (Å²) in [4.78, 5) is 17.8. The maximum atomic E-state index is 11.7. The van der Waals surface area contributed by atoms with Crippen molar-refractivity contribution in [3.63, 3.8) is 0 Å². The molecule has 0 spiro atoms. The molecule has 1 heterocycles. The Bertz CT molecular complexity index is 597. The molecule has 5 heteroatoms. The Kier molecular flexibility index (Phi) is 3.85. The van der Waals surface area contributed by atoms with Crippen LogP contribution in [0.3, 0.4) is 0 Å². The van der Waals surface area contributed by atoms with Crippen molar-refractivity contribution in [2.24, 2.45) is 0 Å². The van der Waals surface area contributed by atoms with Crippen molar-refractivity contribution < 1.29 is 4.79 Å². The summed E-state index contributed by atoms with van der Waals surface area (Å²) in [5.74, 6) is -0.0229. The highest BCUT2D eigenvalue weighted by Crippen LogP contribution is 2.30. The Balaban J connectivity index is 2.38. The fraction of sp³-hybridized carbons (Fsp3) is 0.286. The predicted octanol–water partition coefficient (Wildman–Crippen LogP) is 1.39. The van der Waals surface area contributed by atoms with Gasteiger partial charge < -0.3 is 16.0 Å². The van der Waals surface area contributed by atoms with Gasteiger partial charge in [0.25, 0.3) is 0 Å². The summed E-state index contributed by atoms with van der Waals surface area (Å²) in [6.07, 6.45) is 1.63. The van der Waals surface area contributed by atoms with Crippen molar-refractivity contribution in [1.82, 2.24) is 10.3 Å². The van der Waals surface area contributed by atoms with E-state index in [1.54, 1.807) is 6.20 Å². The number of carbonyl (C=O) groups excluding carboxylic acids is 1. The lowest BCUT2D eigenvalue weighted by Gasteiger charge is -2.22. The largest absolute Gasteiger partial charge is 0.396 e. The summed E-state index contributed by atoms with van der Waals surface area (Å²) in [5, 5.41) is 3.73. The first kappa shape index (κ1) is 13.1. The zero-order valence-electron chi connectivity index (χ0n) is 11.2. The fourth-order valence-corrected chi connectivity index (χ4v) is 2.12. The minimum atomic E-state index is -0.0229. The van der Waals surface area contributed by atoms with Crippen molar-refractivity contribution in [3.05, 3.63) is 30.5 Å². The Morgan fingerprint density at radius 2 is 2.16 bits per heavy atom. The number of carbonyl (C=O) groups is 1. The monoisotopic (exact) mass is 258 g/mol. The van der Waals surface area contributed by atoms with E-state index in [1.807, 2.05) is 43.1 Å². The smallest absolute Gasteiger partial charge is 0.239 e. The van der Waals surface area contributed by atoms with Gasteiger partial charge in [-0.1, -0.05) is 18.2 Å². The lowest BCUT2D eigenvalue weighted by atomic mass is 10.1. The molecule has 19 heavy (non-hydrogen) atoms. The van der Waals surface area contributed by atoms with Gasteiger partial charge in [0.1, 0.15) is 0 Å². The number of amides is 1. The molecule has 0 fully saturated rings. The van der Waals surface area contributed by atoms with Crippen molar-refractivity contribution >= 4 is 28.2 Å². The number of nitrogens with zero attached hydrogens (tertiary/aromatic N) is 2. The van der Waals surface area contributed by atoms with Crippen molar-refractivity contribution in [2.45, 2.75) is 6.92 Å². The second-order valence-electron chi connectivity index (χ2n) is 4.39. The third kappa shape index (κ3) is 2.76. The van der Waals surface area contributed by atoms with E-state index >= 15 is 0 Å². The maximum absolute atomic E-state index is 11.7. The molecule has 5 nitrogen and oxygen atoms in total. The molecule has 0 bridgehead atoms.